The normalized spacial score (nSPS) is 10.2. The molecule has 0 unspecified atom stereocenters. The molecule has 3 aromatic rings. The fourth-order valence-corrected chi connectivity index (χ4v) is 2.70. The van der Waals surface area contributed by atoms with E-state index in [1.165, 1.54) is 0 Å². The zero-order valence-electron chi connectivity index (χ0n) is 15.2. The van der Waals surface area contributed by atoms with E-state index in [1.807, 2.05) is 24.3 Å². The molecule has 0 fully saturated rings. The zero-order chi connectivity index (χ0) is 19.9. The van der Waals surface area contributed by atoms with E-state index in [4.69, 9.17) is 9.94 Å². The summed E-state index contributed by atoms with van der Waals surface area (Å²) in [6, 6.07) is 17.4. The third-order valence-corrected chi connectivity index (χ3v) is 4.18. The Morgan fingerprint density at radius 2 is 1.75 bits per heavy atom. The molecule has 0 spiro atoms. The van der Waals surface area contributed by atoms with Gasteiger partial charge in [0.1, 0.15) is 5.75 Å². The Hall–Kier alpha value is -3.71. The summed E-state index contributed by atoms with van der Waals surface area (Å²) in [5, 5.41) is 11.5. The number of hydroxylamine groups is 1. The SMILES string of the molecule is COc1ccccc1-c1cc(C(=O)NCc2ccc(C(=O)NO)cc2)ccn1. The van der Waals surface area contributed by atoms with E-state index in [9.17, 15) is 9.59 Å². The van der Waals surface area contributed by atoms with Crippen LogP contribution in [-0.2, 0) is 6.54 Å². The van der Waals surface area contributed by atoms with Gasteiger partial charge in [0.25, 0.3) is 11.8 Å². The smallest absolute Gasteiger partial charge is 0.274 e. The number of para-hydroxylation sites is 1. The van der Waals surface area contributed by atoms with Crippen molar-refractivity contribution in [1.82, 2.24) is 15.8 Å². The van der Waals surface area contributed by atoms with Crippen LogP contribution in [0.5, 0.6) is 5.75 Å². The molecule has 2 amide bonds. The predicted octanol–water partition coefficient (Wildman–Crippen LogP) is 2.81. The first-order valence-electron chi connectivity index (χ1n) is 8.53. The summed E-state index contributed by atoms with van der Waals surface area (Å²) in [6.07, 6.45) is 1.58. The standard InChI is InChI=1S/C21H19N3O4/c1-28-19-5-3-2-4-17(19)18-12-16(10-11-22-18)20(25)23-13-14-6-8-15(9-7-14)21(26)24-27/h2-12,27H,13H2,1H3,(H,23,25)(H,24,26). The van der Waals surface area contributed by atoms with Crippen LogP contribution in [0.2, 0.25) is 0 Å². The molecule has 1 heterocycles. The lowest BCUT2D eigenvalue weighted by molar-refractivity contribution is 0.0706. The molecule has 0 atom stereocenters. The summed E-state index contributed by atoms with van der Waals surface area (Å²) >= 11 is 0. The van der Waals surface area contributed by atoms with Crippen LogP contribution < -0.4 is 15.5 Å². The second-order valence-corrected chi connectivity index (χ2v) is 5.95. The first-order chi connectivity index (χ1) is 13.6. The van der Waals surface area contributed by atoms with Gasteiger partial charge in [0.05, 0.1) is 12.8 Å². The number of ether oxygens (including phenoxy) is 1. The van der Waals surface area contributed by atoms with Crippen molar-refractivity contribution in [3.8, 4) is 17.0 Å². The maximum Gasteiger partial charge on any atom is 0.274 e. The fraction of sp³-hybridized carbons (Fsp3) is 0.0952. The zero-order valence-corrected chi connectivity index (χ0v) is 15.2. The van der Waals surface area contributed by atoms with Gasteiger partial charge in [-0.3, -0.25) is 19.8 Å². The third kappa shape index (κ3) is 4.33. The lowest BCUT2D eigenvalue weighted by atomic mass is 10.1. The fourth-order valence-electron chi connectivity index (χ4n) is 2.70. The van der Waals surface area contributed by atoms with Gasteiger partial charge in [-0.2, -0.15) is 0 Å². The topological polar surface area (TPSA) is 101 Å². The highest BCUT2D eigenvalue weighted by Crippen LogP contribution is 2.28. The molecule has 7 heteroatoms. The number of aromatic nitrogens is 1. The highest BCUT2D eigenvalue weighted by atomic mass is 16.5. The van der Waals surface area contributed by atoms with E-state index in [2.05, 4.69) is 10.3 Å². The first kappa shape index (κ1) is 19.1. The molecule has 0 saturated carbocycles. The van der Waals surface area contributed by atoms with E-state index in [1.54, 1.807) is 55.2 Å². The molecule has 0 saturated heterocycles. The second-order valence-electron chi connectivity index (χ2n) is 5.95. The monoisotopic (exact) mass is 377 g/mol. The largest absolute Gasteiger partial charge is 0.496 e. The van der Waals surface area contributed by atoms with Gasteiger partial charge in [0.15, 0.2) is 0 Å². The minimum atomic E-state index is -0.587. The maximum absolute atomic E-state index is 12.5. The molecule has 0 bridgehead atoms. The molecule has 1 aromatic heterocycles. The molecule has 0 aliphatic heterocycles. The molecule has 142 valence electrons. The molecule has 2 aromatic carbocycles. The van der Waals surface area contributed by atoms with Crippen molar-refractivity contribution in [2.75, 3.05) is 7.11 Å². The van der Waals surface area contributed by atoms with Crippen molar-refractivity contribution < 1.29 is 19.5 Å². The van der Waals surface area contributed by atoms with Gasteiger partial charge in [-0.1, -0.05) is 24.3 Å². The molecular formula is C21H19N3O4. The Bertz CT molecular complexity index is 987. The minimum Gasteiger partial charge on any atom is -0.496 e. The Balaban J connectivity index is 1.70. The van der Waals surface area contributed by atoms with Gasteiger partial charge < -0.3 is 10.1 Å². The predicted molar refractivity (Wildman–Crippen MR) is 103 cm³/mol. The van der Waals surface area contributed by atoms with E-state index in [0.717, 1.165) is 11.1 Å². The second kappa shape index (κ2) is 8.79. The van der Waals surface area contributed by atoms with Crippen molar-refractivity contribution in [2.24, 2.45) is 0 Å². The minimum absolute atomic E-state index is 0.240. The number of pyridine rings is 1. The maximum atomic E-state index is 12.5. The van der Waals surface area contributed by atoms with Crippen LogP contribution in [0.15, 0.2) is 66.9 Å². The number of rotatable bonds is 6. The van der Waals surface area contributed by atoms with E-state index < -0.39 is 5.91 Å². The molecule has 0 radical (unpaired) electrons. The average Bonchev–Trinajstić information content (AvgIpc) is 2.77. The van der Waals surface area contributed by atoms with Crippen molar-refractivity contribution in [3.05, 3.63) is 83.6 Å². The van der Waals surface area contributed by atoms with E-state index in [0.29, 0.717) is 29.1 Å². The average molecular weight is 377 g/mol. The molecule has 3 N–H and O–H groups in total. The van der Waals surface area contributed by atoms with Gasteiger partial charge >= 0.3 is 0 Å². The van der Waals surface area contributed by atoms with Gasteiger partial charge in [0.2, 0.25) is 0 Å². The Kier molecular flexibility index (Phi) is 5.98. The number of amides is 2. The summed E-state index contributed by atoms with van der Waals surface area (Å²) in [7, 11) is 1.59. The van der Waals surface area contributed by atoms with Crippen LogP contribution in [0, 0.1) is 0 Å². The Morgan fingerprint density at radius 1 is 1.00 bits per heavy atom. The van der Waals surface area contributed by atoms with Crippen molar-refractivity contribution in [2.45, 2.75) is 6.54 Å². The van der Waals surface area contributed by atoms with Crippen LogP contribution in [-0.4, -0.2) is 29.1 Å². The van der Waals surface area contributed by atoms with Crippen LogP contribution in [0.4, 0.5) is 0 Å². The molecule has 3 rings (SSSR count). The number of carbonyl (C=O) groups is 2. The lowest BCUT2D eigenvalue weighted by Gasteiger charge is -2.10. The summed E-state index contributed by atoms with van der Waals surface area (Å²) < 4.78 is 5.36. The van der Waals surface area contributed by atoms with Crippen LogP contribution >= 0.6 is 0 Å². The van der Waals surface area contributed by atoms with Crippen LogP contribution in [0.1, 0.15) is 26.3 Å². The molecular weight excluding hydrogens is 358 g/mol. The number of hydrogen-bond donors (Lipinski definition) is 3. The number of carbonyl (C=O) groups excluding carboxylic acids is 2. The van der Waals surface area contributed by atoms with Gasteiger partial charge in [0, 0.05) is 29.4 Å². The number of nitrogens with one attached hydrogen (secondary N) is 2. The highest BCUT2D eigenvalue weighted by molar-refractivity contribution is 5.95. The lowest BCUT2D eigenvalue weighted by Crippen LogP contribution is -2.23. The molecule has 28 heavy (non-hydrogen) atoms. The van der Waals surface area contributed by atoms with Crippen LogP contribution in [0.25, 0.3) is 11.3 Å². The molecule has 0 aliphatic carbocycles. The summed E-state index contributed by atoms with van der Waals surface area (Å²) in [6.45, 7) is 0.298. The number of nitrogens with zero attached hydrogens (tertiary/aromatic N) is 1. The number of methoxy groups -OCH3 is 1. The van der Waals surface area contributed by atoms with Crippen LogP contribution in [0.3, 0.4) is 0 Å². The third-order valence-electron chi connectivity index (χ3n) is 4.18. The highest BCUT2D eigenvalue weighted by Gasteiger charge is 2.11. The quantitative estimate of drug-likeness (QED) is 0.453. The Morgan fingerprint density at radius 3 is 2.46 bits per heavy atom. The number of benzene rings is 2. The summed E-state index contributed by atoms with van der Waals surface area (Å²) in [4.78, 5) is 28.2. The van der Waals surface area contributed by atoms with Gasteiger partial charge in [-0.15, -0.1) is 0 Å². The summed E-state index contributed by atoms with van der Waals surface area (Å²) in [5.41, 5.74) is 4.65. The first-order valence-corrected chi connectivity index (χ1v) is 8.53. The van der Waals surface area contributed by atoms with Crippen molar-refractivity contribution >= 4 is 11.8 Å². The number of hydrogen-bond acceptors (Lipinski definition) is 5. The summed E-state index contributed by atoms with van der Waals surface area (Å²) in [5.74, 6) is -0.147. The van der Waals surface area contributed by atoms with Crippen molar-refractivity contribution in [3.63, 3.8) is 0 Å². The van der Waals surface area contributed by atoms with Gasteiger partial charge in [-0.05, 0) is 42.0 Å². The van der Waals surface area contributed by atoms with Crippen molar-refractivity contribution in [1.29, 1.82) is 0 Å². The van der Waals surface area contributed by atoms with Gasteiger partial charge in [-0.25, -0.2) is 5.48 Å². The molecule has 7 nitrogen and oxygen atoms in total. The molecule has 0 aliphatic rings. The van der Waals surface area contributed by atoms with E-state index >= 15 is 0 Å². The Labute approximate surface area is 162 Å². The van der Waals surface area contributed by atoms with E-state index in [-0.39, 0.29) is 5.91 Å².